The molecule has 0 bridgehead atoms. The maximum Gasteiger partial charge on any atom is 0.242 e. The zero-order valence-electron chi connectivity index (χ0n) is 14.6. The van der Waals surface area contributed by atoms with E-state index in [2.05, 4.69) is 27.2 Å². The Morgan fingerprint density at radius 2 is 2.28 bits per heavy atom. The lowest BCUT2D eigenvalue weighted by molar-refractivity contribution is -0.122. The minimum atomic E-state index is 0.0458. The zero-order valence-corrected chi connectivity index (χ0v) is 15.4. The van der Waals surface area contributed by atoms with Crippen LogP contribution in [0.4, 0.5) is 0 Å². The first-order chi connectivity index (χ1) is 12.3. The summed E-state index contributed by atoms with van der Waals surface area (Å²) in [5.74, 6) is 0.512. The summed E-state index contributed by atoms with van der Waals surface area (Å²) in [6.45, 7) is 3.03. The van der Waals surface area contributed by atoms with Crippen molar-refractivity contribution in [2.24, 2.45) is 0 Å². The van der Waals surface area contributed by atoms with Crippen molar-refractivity contribution in [2.45, 2.75) is 57.5 Å². The molecule has 0 saturated carbocycles. The largest absolute Gasteiger partial charge is 0.350 e. The smallest absolute Gasteiger partial charge is 0.242 e. The average Bonchev–Trinajstić information content (AvgIpc) is 3.27. The molecule has 2 aromatic rings. The van der Waals surface area contributed by atoms with Gasteiger partial charge >= 0.3 is 0 Å². The molecular formula is C19H26N4OS. The highest BCUT2D eigenvalue weighted by Gasteiger charge is 2.20. The van der Waals surface area contributed by atoms with E-state index in [0.717, 1.165) is 13.1 Å². The Kier molecular flexibility index (Phi) is 5.17. The van der Waals surface area contributed by atoms with Gasteiger partial charge in [-0.15, -0.1) is 11.3 Å². The molecule has 2 aliphatic rings. The van der Waals surface area contributed by atoms with Gasteiger partial charge in [-0.2, -0.15) is 5.10 Å². The molecule has 1 amide bonds. The van der Waals surface area contributed by atoms with Gasteiger partial charge in [-0.25, -0.2) is 0 Å². The number of aromatic nitrogens is 2. The molecular weight excluding hydrogens is 332 g/mol. The minimum absolute atomic E-state index is 0.0458. The van der Waals surface area contributed by atoms with Crippen molar-refractivity contribution in [1.82, 2.24) is 20.4 Å². The lowest BCUT2D eigenvalue weighted by Gasteiger charge is -2.23. The summed E-state index contributed by atoms with van der Waals surface area (Å²) in [5, 5.41) is 13.1. The molecule has 3 heterocycles. The molecule has 1 atom stereocenters. The second-order valence-electron chi connectivity index (χ2n) is 7.10. The predicted octanol–water partition coefficient (Wildman–Crippen LogP) is 2.61. The number of carbonyl (C=O) groups is 1. The molecule has 1 aliphatic heterocycles. The topological polar surface area (TPSA) is 59.0 Å². The number of carbonyl (C=O) groups excluding carboxylic acids is 1. The molecule has 1 aliphatic carbocycles. The van der Waals surface area contributed by atoms with Crippen LogP contribution in [0.1, 0.15) is 53.3 Å². The third kappa shape index (κ3) is 3.80. The second-order valence-corrected chi connectivity index (χ2v) is 8.07. The van der Waals surface area contributed by atoms with Crippen LogP contribution in [0.3, 0.4) is 0 Å². The maximum absolute atomic E-state index is 12.4. The van der Waals surface area contributed by atoms with Crippen LogP contribution in [0.2, 0.25) is 0 Å². The van der Waals surface area contributed by atoms with Crippen molar-refractivity contribution >= 4 is 17.2 Å². The van der Waals surface area contributed by atoms with Crippen molar-refractivity contribution in [3.63, 3.8) is 0 Å². The Bertz CT molecular complexity index is 730. The molecule has 134 valence electrons. The molecule has 5 nitrogen and oxygen atoms in total. The third-order valence-corrected chi connectivity index (χ3v) is 6.52. The van der Waals surface area contributed by atoms with Crippen LogP contribution in [0.25, 0.3) is 0 Å². The highest BCUT2D eigenvalue weighted by atomic mass is 32.1. The van der Waals surface area contributed by atoms with Crippen LogP contribution in [0, 0.1) is 0 Å². The van der Waals surface area contributed by atoms with E-state index in [0.29, 0.717) is 19.0 Å². The Hall–Kier alpha value is -1.66. The fourth-order valence-corrected chi connectivity index (χ4v) is 5.17. The van der Waals surface area contributed by atoms with Gasteiger partial charge in [0.25, 0.3) is 0 Å². The van der Waals surface area contributed by atoms with E-state index in [1.54, 1.807) is 0 Å². The summed E-state index contributed by atoms with van der Waals surface area (Å²) >= 11 is 1.85. The first kappa shape index (κ1) is 16.8. The summed E-state index contributed by atoms with van der Waals surface area (Å²) in [7, 11) is 0. The van der Waals surface area contributed by atoms with Crippen LogP contribution in [0.5, 0.6) is 0 Å². The number of nitrogens with zero attached hydrogens (tertiary/aromatic N) is 2. The standard InChI is InChI=1S/C19H26N4OS/c24-19(21-11-15-13-25-18-6-2-1-5-16(15)18)12-23-17(7-9-22-23)14-4-3-8-20-10-14/h7,9,13-14,20H,1-6,8,10-12H2,(H,21,24). The van der Waals surface area contributed by atoms with Gasteiger partial charge < -0.3 is 10.6 Å². The highest BCUT2D eigenvalue weighted by molar-refractivity contribution is 7.10. The van der Waals surface area contributed by atoms with Crippen LogP contribution < -0.4 is 10.6 Å². The van der Waals surface area contributed by atoms with Gasteiger partial charge in [0.05, 0.1) is 0 Å². The highest BCUT2D eigenvalue weighted by Crippen LogP contribution is 2.30. The van der Waals surface area contributed by atoms with Gasteiger partial charge in [-0.1, -0.05) is 0 Å². The van der Waals surface area contributed by atoms with Crippen LogP contribution in [-0.4, -0.2) is 28.8 Å². The van der Waals surface area contributed by atoms with Gasteiger partial charge in [0.2, 0.25) is 5.91 Å². The molecule has 1 unspecified atom stereocenters. The van der Waals surface area contributed by atoms with E-state index in [1.807, 2.05) is 22.2 Å². The van der Waals surface area contributed by atoms with Gasteiger partial charge in [-0.05, 0) is 67.6 Å². The molecule has 0 radical (unpaired) electrons. The Balaban J connectivity index is 1.35. The molecule has 25 heavy (non-hydrogen) atoms. The Morgan fingerprint density at radius 3 is 3.16 bits per heavy atom. The molecule has 2 N–H and O–H groups in total. The van der Waals surface area contributed by atoms with Crippen LogP contribution in [-0.2, 0) is 30.7 Å². The number of fused-ring (bicyclic) bond motifs is 1. The number of aryl methyl sites for hydroxylation is 1. The second kappa shape index (κ2) is 7.70. The lowest BCUT2D eigenvalue weighted by Crippen LogP contribution is -2.32. The molecule has 1 saturated heterocycles. The first-order valence-electron chi connectivity index (χ1n) is 9.38. The van der Waals surface area contributed by atoms with Gasteiger partial charge in [0, 0.05) is 35.8 Å². The van der Waals surface area contributed by atoms with Crippen molar-refractivity contribution < 1.29 is 4.79 Å². The van der Waals surface area contributed by atoms with Crippen molar-refractivity contribution in [3.05, 3.63) is 39.3 Å². The third-order valence-electron chi connectivity index (χ3n) is 5.38. The van der Waals surface area contributed by atoms with Crippen molar-refractivity contribution in [3.8, 4) is 0 Å². The zero-order chi connectivity index (χ0) is 17.1. The molecule has 4 rings (SSSR count). The SMILES string of the molecule is O=C(Cn1nccc1C1CCCNC1)NCc1csc2c1CCCC2. The number of nitrogens with one attached hydrogen (secondary N) is 2. The number of thiophene rings is 1. The minimum Gasteiger partial charge on any atom is -0.350 e. The number of amides is 1. The summed E-state index contributed by atoms with van der Waals surface area (Å²) < 4.78 is 1.87. The molecule has 0 aromatic carbocycles. The summed E-state index contributed by atoms with van der Waals surface area (Å²) in [6.07, 6.45) is 9.12. The fourth-order valence-electron chi connectivity index (χ4n) is 4.02. The van der Waals surface area contributed by atoms with E-state index in [1.165, 1.54) is 60.2 Å². The van der Waals surface area contributed by atoms with Crippen LogP contribution >= 0.6 is 11.3 Å². The molecule has 6 heteroatoms. The molecule has 2 aromatic heterocycles. The quantitative estimate of drug-likeness (QED) is 0.864. The summed E-state index contributed by atoms with van der Waals surface area (Å²) in [6, 6.07) is 2.06. The number of hydrogen-bond acceptors (Lipinski definition) is 4. The monoisotopic (exact) mass is 358 g/mol. The van der Waals surface area contributed by atoms with E-state index in [-0.39, 0.29) is 5.91 Å². The number of rotatable bonds is 5. The number of hydrogen-bond donors (Lipinski definition) is 2. The predicted molar refractivity (Wildman–Crippen MR) is 99.9 cm³/mol. The first-order valence-corrected chi connectivity index (χ1v) is 10.3. The average molecular weight is 359 g/mol. The van der Waals surface area contributed by atoms with E-state index in [4.69, 9.17) is 0 Å². The van der Waals surface area contributed by atoms with Crippen molar-refractivity contribution in [1.29, 1.82) is 0 Å². The maximum atomic E-state index is 12.4. The molecule has 1 fully saturated rings. The fraction of sp³-hybridized carbons (Fsp3) is 0.579. The Labute approximate surface area is 152 Å². The normalized spacial score (nSPS) is 20.2. The van der Waals surface area contributed by atoms with Gasteiger partial charge in [-0.3, -0.25) is 9.48 Å². The van der Waals surface area contributed by atoms with E-state index in [9.17, 15) is 4.79 Å². The van der Waals surface area contributed by atoms with E-state index >= 15 is 0 Å². The summed E-state index contributed by atoms with van der Waals surface area (Å²) in [5.41, 5.74) is 3.98. The Morgan fingerprint density at radius 1 is 1.36 bits per heavy atom. The van der Waals surface area contributed by atoms with Crippen molar-refractivity contribution in [2.75, 3.05) is 13.1 Å². The van der Waals surface area contributed by atoms with Gasteiger partial charge in [0.1, 0.15) is 6.54 Å². The number of piperidine rings is 1. The molecule has 0 spiro atoms. The lowest BCUT2D eigenvalue weighted by atomic mass is 9.96. The van der Waals surface area contributed by atoms with E-state index < -0.39 is 0 Å². The van der Waals surface area contributed by atoms with Gasteiger partial charge in [0.15, 0.2) is 0 Å². The summed E-state index contributed by atoms with van der Waals surface area (Å²) in [4.78, 5) is 13.9. The van der Waals surface area contributed by atoms with Crippen LogP contribution in [0.15, 0.2) is 17.6 Å².